The Balaban J connectivity index is 1.60. The molecule has 1 aliphatic rings. The average Bonchev–Trinajstić information content (AvgIpc) is 2.83. The molecule has 6 heteroatoms. The van der Waals surface area contributed by atoms with Gasteiger partial charge < -0.3 is 10.2 Å². The highest BCUT2D eigenvalue weighted by Gasteiger charge is 2.19. The summed E-state index contributed by atoms with van der Waals surface area (Å²) in [5, 5.41) is 0. The van der Waals surface area contributed by atoms with Gasteiger partial charge in [0.2, 0.25) is 0 Å². The van der Waals surface area contributed by atoms with Crippen LogP contribution in [0.5, 0.6) is 0 Å². The number of nitrogens with zero attached hydrogens (tertiary/aromatic N) is 3. The highest BCUT2D eigenvalue weighted by molar-refractivity contribution is 5.73. The number of oxazole rings is 1. The SMILES string of the molecule is Cn1c(=O)oc2ccc(CN3CCc4nccc(N)c4C3)cc21. The maximum absolute atomic E-state index is 11.6. The van der Waals surface area contributed by atoms with Gasteiger partial charge in [0.05, 0.1) is 5.52 Å². The number of hydrogen-bond acceptors (Lipinski definition) is 5. The molecule has 0 amide bonds. The van der Waals surface area contributed by atoms with Gasteiger partial charge in [-0.05, 0) is 23.8 Å². The summed E-state index contributed by atoms with van der Waals surface area (Å²) in [6.45, 7) is 2.56. The molecule has 2 N–H and O–H groups in total. The lowest BCUT2D eigenvalue weighted by molar-refractivity contribution is 0.244. The van der Waals surface area contributed by atoms with Gasteiger partial charge in [-0.3, -0.25) is 14.5 Å². The van der Waals surface area contributed by atoms with E-state index in [1.807, 2.05) is 24.3 Å². The molecular formula is C17H18N4O2. The van der Waals surface area contributed by atoms with E-state index in [1.54, 1.807) is 13.2 Å². The minimum Gasteiger partial charge on any atom is -0.408 e. The Morgan fingerprint density at radius 3 is 3.09 bits per heavy atom. The molecule has 0 fully saturated rings. The molecule has 0 atom stereocenters. The second kappa shape index (κ2) is 5.24. The van der Waals surface area contributed by atoms with Gasteiger partial charge in [-0.25, -0.2) is 4.79 Å². The summed E-state index contributed by atoms with van der Waals surface area (Å²) in [5.74, 6) is -0.331. The van der Waals surface area contributed by atoms with Crippen molar-refractivity contribution >= 4 is 16.8 Å². The molecule has 118 valence electrons. The number of pyridine rings is 1. The average molecular weight is 310 g/mol. The predicted molar refractivity (Wildman–Crippen MR) is 87.9 cm³/mol. The molecule has 4 rings (SSSR count). The number of aromatic nitrogens is 2. The highest BCUT2D eigenvalue weighted by Crippen LogP contribution is 2.24. The normalized spacial score (nSPS) is 15.0. The van der Waals surface area contributed by atoms with Gasteiger partial charge in [-0.1, -0.05) is 6.07 Å². The molecule has 0 saturated carbocycles. The third kappa shape index (κ3) is 2.41. The van der Waals surface area contributed by atoms with Gasteiger partial charge in [-0.2, -0.15) is 0 Å². The number of fused-ring (bicyclic) bond motifs is 2. The Hall–Kier alpha value is -2.60. The summed E-state index contributed by atoms with van der Waals surface area (Å²) in [6, 6.07) is 7.74. The van der Waals surface area contributed by atoms with E-state index in [-0.39, 0.29) is 5.76 Å². The molecule has 3 heterocycles. The number of nitrogens with two attached hydrogens (primary N) is 1. The first kappa shape index (κ1) is 14.0. The van der Waals surface area contributed by atoms with Crippen molar-refractivity contribution in [2.45, 2.75) is 19.5 Å². The van der Waals surface area contributed by atoms with Gasteiger partial charge in [0.1, 0.15) is 0 Å². The van der Waals surface area contributed by atoms with Crippen LogP contribution in [0.1, 0.15) is 16.8 Å². The van der Waals surface area contributed by atoms with E-state index in [2.05, 4.69) is 9.88 Å². The Kier molecular flexibility index (Phi) is 3.20. The predicted octanol–water partition coefficient (Wildman–Crippen LogP) is 1.67. The smallest absolute Gasteiger partial charge is 0.408 e. The number of anilines is 1. The third-order valence-corrected chi connectivity index (χ3v) is 4.49. The van der Waals surface area contributed by atoms with E-state index < -0.39 is 0 Å². The van der Waals surface area contributed by atoms with Crippen molar-refractivity contribution in [2.75, 3.05) is 12.3 Å². The second-order valence-corrected chi connectivity index (χ2v) is 6.02. The first-order chi connectivity index (χ1) is 11.1. The van der Waals surface area contributed by atoms with E-state index in [0.717, 1.165) is 54.1 Å². The fraction of sp³-hybridized carbons (Fsp3) is 0.294. The van der Waals surface area contributed by atoms with Crippen LogP contribution >= 0.6 is 0 Å². The molecule has 2 aromatic heterocycles. The topological polar surface area (TPSA) is 77.3 Å². The van der Waals surface area contributed by atoms with E-state index in [1.165, 1.54) is 4.57 Å². The summed E-state index contributed by atoms with van der Waals surface area (Å²) < 4.78 is 6.71. The molecule has 0 saturated heterocycles. The fourth-order valence-electron chi connectivity index (χ4n) is 3.18. The molecule has 0 bridgehead atoms. The summed E-state index contributed by atoms with van der Waals surface area (Å²) in [4.78, 5) is 18.3. The maximum Gasteiger partial charge on any atom is 0.419 e. The minimum atomic E-state index is -0.331. The van der Waals surface area contributed by atoms with Gasteiger partial charge in [-0.15, -0.1) is 0 Å². The zero-order chi connectivity index (χ0) is 16.0. The Morgan fingerprint density at radius 2 is 2.22 bits per heavy atom. The number of nitrogen functional groups attached to an aromatic ring is 1. The molecule has 23 heavy (non-hydrogen) atoms. The molecule has 0 aliphatic carbocycles. The van der Waals surface area contributed by atoms with Crippen molar-refractivity contribution < 1.29 is 4.42 Å². The van der Waals surface area contributed by atoms with Gasteiger partial charge in [0.15, 0.2) is 5.58 Å². The standard InChI is InChI=1S/C17H18N4O2/c1-20-15-8-11(2-3-16(15)23-17(20)22)9-21-7-5-14-12(10-21)13(18)4-6-19-14/h2-4,6,8H,5,7,9-10H2,1H3,(H2,18,19). The Morgan fingerprint density at radius 1 is 1.35 bits per heavy atom. The van der Waals surface area contributed by atoms with Crippen molar-refractivity contribution in [3.63, 3.8) is 0 Å². The van der Waals surface area contributed by atoms with Crippen molar-refractivity contribution in [3.8, 4) is 0 Å². The van der Waals surface area contributed by atoms with Crippen LogP contribution in [0.25, 0.3) is 11.1 Å². The summed E-state index contributed by atoms with van der Waals surface area (Å²) in [6.07, 6.45) is 2.68. The molecule has 0 radical (unpaired) electrons. The zero-order valence-electron chi connectivity index (χ0n) is 13.0. The third-order valence-electron chi connectivity index (χ3n) is 4.49. The highest BCUT2D eigenvalue weighted by atomic mass is 16.4. The minimum absolute atomic E-state index is 0.331. The number of hydrogen-bond donors (Lipinski definition) is 1. The molecule has 6 nitrogen and oxygen atoms in total. The van der Waals surface area contributed by atoms with Crippen LogP contribution in [0, 0.1) is 0 Å². The second-order valence-electron chi connectivity index (χ2n) is 6.02. The number of rotatable bonds is 2. The first-order valence-corrected chi connectivity index (χ1v) is 7.65. The summed E-state index contributed by atoms with van der Waals surface area (Å²) in [5.41, 5.74) is 11.7. The molecule has 1 aromatic carbocycles. The number of benzene rings is 1. The quantitative estimate of drug-likeness (QED) is 0.779. The maximum atomic E-state index is 11.6. The van der Waals surface area contributed by atoms with E-state index >= 15 is 0 Å². The first-order valence-electron chi connectivity index (χ1n) is 7.65. The van der Waals surface area contributed by atoms with Crippen LogP contribution in [-0.4, -0.2) is 21.0 Å². The van der Waals surface area contributed by atoms with Crippen molar-refractivity contribution in [2.24, 2.45) is 7.05 Å². The van der Waals surface area contributed by atoms with Crippen LogP contribution in [0.2, 0.25) is 0 Å². The Labute approximate surface area is 133 Å². The van der Waals surface area contributed by atoms with Crippen LogP contribution < -0.4 is 11.5 Å². The van der Waals surface area contributed by atoms with Crippen molar-refractivity contribution in [1.82, 2.24) is 14.5 Å². The summed E-state index contributed by atoms with van der Waals surface area (Å²) in [7, 11) is 1.72. The van der Waals surface area contributed by atoms with E-state index in [9.17, 15) is 4.79 Å². The zero-order valence-corrected chi connectivity index (χ0v) is 13.0. The molecule has 1 aliphatic heterocycles. The van der Waals surface area contributed by atoms with E-state index in [4.69, 9.17) is 10.2 Å². The van der Waals surface area contributed by atoms with Crippen molar-refractivity contribution in [3.05, 3.63) is 57.8 Å². The summed E-state index contributed by atoms with van der Waals surface area (Å²) >= 11 is 0. The van der Waals surface area contributed by atoms with Gasteiger partial charge in [0.25, 0.3) is 0 Å². The van der Waals surface area contributed by atoms with Gasteiger partial charge >= 0.3 is 5.76 Å². The van der Waals surface area contributed by atoms with E-state index in [0.29, 0.717) is 5.58 Å². The largest absolute Gasteiger partial charge is 0.419 e. The molecular weight excluding hydrogens is 292 g/mol. The van der Waals surface area contributed by atoms with Crippen LogP contribution in [-0.2, 0) is 26.6 Å². The molecule has 3 aromatic rings. The lowest BCUT2D eigenvalue weighted by Gasteiger charge is -2.28. The van der Waals surface area contributed by atoms with Crippen molar-refractivity contribution in [1.29, 1.82) is 0 Å². The van der Waals surface area contributed by atoms with Crippen LogP contribution in [0.15, 0.2) is 39.7 Å². The lowest BCUT2D eigenvalue weighted by Crippen LogP contribution is -2.31. The molecule has 0 unspecified atom stereocenters. The Bertz CT molecular complexity index is 941. The fourth-order valence-corrected chi connectivity index (χ4v) is 3.18. The lowest BCUT2D eigenvalue weighted by atomic mass is 10.0. The monoisotopic (exact) mass is 310 g/mol. The van der Waals surface area contributed by atoms with Crippen LogP contribution in [0.3, 0.4) is 0 Å². The van der Waals surface area contributed by atoms with Crippen LogP contribution in [0.4, 0.5) is 5.69 Å². The van der Waals surface area contributed by atoms with Gasteiger partial charge in [0, 0.05) is 56.2 Å². The molecule has 0 spiro atoms. The number of aryl methyl sites for hydroxylation is 1.